The lowest BCUT2D eigenvalue weighted by molar-refractivity contribution is 1.10. The molecule has 0 spiro atoms. The Kier molecular flexibility index (Phi) is 2.55. The van der Waals surface area contributed by atoms with E-state index in [4.69, 9.17) is 0 Å². The van der Waals surface area contributed by atoms with Crippen LogP contribution in [0.2, 0.25) is 0 Å². The van der Waals surface area contributed by atoms with E-state index in [-0.39, 0.29) is 0 Å². The first-order valence-corrected chi connectivity index (χ1v) is 7.72. The molecule has 0 atom stereocenters. The summed E-state index contributed by atoms with van der Waals surface area (Å²) in [6.07, 6.45) is 6.75. The monoisotopic (exact) mass is 301 g/mol. The minimum atomic E-state index is 0.890. The predicted octanol–water partition coefficient (Wildman–Crippen LogP) is 3.59. The predicted molar refractivity (Wildman–Crippen MR) is 91.3 cm³/mol. The topological polar surface area (TPSA) is 69.4 Å². The fourth-order valence-electron chi connectivity index (χ4n) is 3.27. The van der Waals surface area contributed by atoms with Crippen LogP contribution in [-0.2, 0) is 6.42 Å². The van der Waals surface area contributed by atoms with Crippen molar-refractivity contribution in [3.8, 4) is 22.4 Å². The van der Waals surface area contributed by atoms with E-state index in [2.05, 4.69) is 49.7 Å². The maximum absolute atomic E-state index is 4.58. The highest BCUT2D eigenvalue weighted by atomic mass is 15.1. The van der Waals surface area contributed by atoms with E-state index in [9.17, 15) is 0 Å². The molecule has 0 saturated heterocycles. The molecule has 112 valence electrons. The van der Waals surface area contributed by atoms with Gasteiger partial charge in [0.15, 0.2) is 0 Å². The second kappa shape index (κ2) is 4.71. The number of nitrogens with one attached hydrogen (secondary N) is 3. The number of anilines is 1. The number of H-pyrrole nitrogens is 2. The van der Waals surface area contributed by atoms with Crippen LogP contribution in [0.25, 0.3) is 33.4 Å². The third-order valence-corrected chi connectivity index (χ3v) is 4.47. The smallest absolute Gasteiger partial charge is 0.137 e. The Labute approximate surface area is 132 Å². The summed E-state index contributed by atoms with van der Waals surface area (Å²) in [6.45, 7) is 1.03. The van der Waals surface area contributed by atoms with Crippen LogP contribution in [0.5, 0.6) is 0 Å². The van der Waals surface area contributed by atoms with E-state index in [1.807, 2.05) is 18.5 Å². The zero-order chi connectivity index (χ0) is 15.2. The van der Waals surface area contributed by atoms with Crippen LogP contribution in [0.1, 0.15) is 5.56 Å². The highest BCUT2D eigenvalue weighted by Gasteiger charge is 2.13. The molecule has 0 fully saturated rings. The molecule has 5 heteroatoms. The van der Waals surface area contributed by atoms with Crippen LogP contribution < -0.4 is 5.32 Å². The Morgan fingerprint density at radius 1 is 1.04 bits per heavy atom. The molecule has 1 aliphatic heterocycles. The number of rotatable bonds is 2. The normalized spacial score (nSPS) is 13.2. The van der Waals surface area contributed by atoms with Gasteiger partial charge in [0.1, 0.15) is 5.65 Å². The van der Waals surface area contributed by atoms with Gasteiger partial charge in [0, 0.05) is 47.3 Å². The molecular formula is C18H15N5. The molecule has 0 aliphatic carbocycles. The molecule has 5 rings (SSSR count). The van der Waals surface area contributed by atoms with Crippen LogP contribution in [0, 0.1) is 0 Å². The molecular weight excluding hydrogens is 286 g/mol. The molecule has 1 aromatic carbocycles. The van der Waals surface area contributed by atoms with Crippen LogP contribution >= 0.6 is 0 Å². The van der Waals surface area contributed by atoms with E-state index < -0.39 is 0 Å². The van der Waals surface area contributed by atoms with E-state index in [1.54, 1.807) is 6.20 Å². The largest absolute Gasteiger partial charge is 0.384 e. The second-order valence-electron chi connectivity index (χ2n) is 5.84. The van der Waals surface area contributed by atoms with Gasteiger partial charge in [-0.1, -0.05) is 6.07 Å². The Hall–Kier alpha value is -3.08. The molecule has 3 N–H and O–H groups in total. The van der Waals surface area contributed by atoms with Crippen molar-refractivity contribution in [3.63, 3.8) is 0 Å². The number of pyridine rings is 1. The summed E-state index contributed by atoms with van der Waals surface area (Å²) in [4.78, 5) is 7.80. The van der Waals surface area contributed by atoms with Gasteiger partial charge >= 0.3 is 0 Å². The maximum Gasteiger partial charge on any atom is 0.137 e. The molecule has 1 aliphatic rings. The van der Waals surface area contributed by atoms with Gasteiger partial charge in [0.05, 0.1) is 5.69 Å². The molecule has 3 aromatic heterocycles. The Bertz CT molecular complexity index is 998. The molecule has 0 saturated carbocycles. The lowest BCUT2D eigenvalue weighted by atomic mass is 10.0. The average molecular weight is 301 g/mol. The highest BCUT2D eigenvalue weighted by molar-refractivity contribution is 5.94. The molecule has 23 heavy (non-hydrogen) atoms. The van der Waals surface area contributed by atoms with Crippen molar-refractivity contribution in [3.05, 3.63) is 54.5 Å². The molecule has 0 bridgehead atoms. The average Bonchev–Trinajstić information content (AvgIpc) is 3.32. The highest BCUT2D eigenvalue weighted by Crippen LogP contribution is 2.32. The van der Waals surface area contributed by atoms with E-state index in [0.717, 1.165) is 40.8 Å². The quantitative estimate of drug-likeness (QED) is 0.530. The van der Waals surface area contributed by atoms with Crippen LogP contribution in [0.15, 0.2) is 48.9 Å². The van der Waals surface area contributed by atoms with Crippen LogP contribution in [0.4, 0.5) is 5.69 Å². The van der Waals surface area contributed by atoms with Crippen molar-refractivity contribution >= 4 is 16.7 Å². The number of hydrogen-bond acceptors (Lipinski definition) is 3. The van der Waals surface area contributed by atoms with Crippen molar-refractivity contribution in [2.75, 3.05) is 11.9 Å². The Morgan fingerprint density at radius 2 is 2.04 bits per heavy atom. The van der Waals surface area contributed by atoms with Gasteiger partial charge < -0.3 is 10.3 Å². The standard InChI is InChI=1S/C18H15N5/c1-2-16-12(3-5-19-16)7-11(1)13-8-14-15(17-4-6-22-23-17)10-21-18(14)20-9-13/h1-2,4,6-10,19H,3,5H2,(H,20,21)(H,22,23). The van der Waals surface area contributed by atoms with Crippen molar-refractivity contribution in [1.29, 1.82) is 0 Å². The third kappa shape index (κ3) is 1.93. The molecule has 0 radical (unpaired) electrons. The number of fused-ring (bicyclic) bond motifs is 2. The summed E-state index contributed by atoms with van der Waals surface area (Å²) in [5.74, 6) is 0. The van der Waals surface area contributed by atoms with Crippen molar-refractivity contribution in [2.24, 2.45) is 0 Å². The first-order valence-electron chi connectivity index (χ1n) is 7.72. The zero-order valence-electron chi connectivity index (χ0n) is 12.4. The van der Waals surface area contributed by atoms with Gasteiger partial charge in [-0.3, -0.25) is 5.10 Å². The van der Waals surface area contributed by atoms with Crippen molar-refractivity contribution in [1.82, 2.24) is 20.2 Å². The first-order chi connectivity index (χ1) is 11.4. The van der Waals surface area contributed by atoms with Gasteiger partial charge in [-0.2, -0.15) is 5.10 Å². The maximum atomic E-state index is 4.58. The fraction of sp³-hybridized carbons (Fsp3) is 0.111. The zero-order valence-corrected chi connectivity index (χ0v) is 12.4. The van der Waals surface area contributed by atoms with Crippen LogP contribution in [0.3, 0.4) is 0 Å². The number of aromatic amines is 2. The number of benzene rings is 1. The third-order valence-electron chi connectivity index (χ3n) is 4.47. The summed E-state index contributed by atoms with van der Waals surface area (Å²) in [5.41, 5.74) is 7.95. The van der Waals surface area contributed by atoms with E-state index in [0.29, 0.717) is 0 Å². The minimum absolute atomic E-state index is 0.890. The fourth-order valence-corrected chi connectivity index (χ4v) is 3.27. The van der Waals surface area contributed by atoms with Gasteiger partial charge in [0.25, 0.3) is 0 Å². The molecule has 0 unspecified atom stereocenters. The molecule has 0 amide bonds. The summed E-state index contributed by atoms with van der Waals surface area (Å²) < 4.78 is 0. The van der Waals surface area contributed by atoms with Crippen molar-refractivity contribution in [2.45, 2.75) is 6.42 Å². The first kappa shape index (κ1) is 12.5. The lowest BCUT2D eigenvalue weighted by Crippen LogP contribution is -1.90. The Balaban J connectivity index is 1.66. The number of aromatic nitrogens is 4. The van der Waals surface area contributed by atoms with E-state index in [1.165, 1.54) is 16.8 Å². The van der Waals surface area contributed by atoms with Gasteiger partial charge in [0.2, 0.25) is 0 Å². The summed E-state index contributed by atoms with van der Waals surface area (Å²) in [5, 5.41) is 11.6. The number of hydrogen-bond donors (Lipinski definition) is 3. The van der Waals surface area contributed by atoms with E-state index >= 15 is 0 Å². The minimum Gasteiger partial charge on any atom is -0.384 e. The van der Waals surface area contributed by atoms with Gasteiger partial charge in [-0.05, 0) is 41.8 Å². The lowest BCUT2D eigenvalue weighted by Gasteiger charge is -2.05. The molecule has 5 nitrogen and oxygen atoms in total. The summed E-state index contributed by atoms with van der Waals surface area (Å²) in [7, 11) is 0. The van der Waals surface area contributed by atoms with Gasteiger partial charge in [-0.25, -0.2) is 4.98 Å². The summed E-state index contributed by atoms with van der Waals surface area (Å²) in [6, 6.07) is 10.7. The SMILES string of the molecule is c1cc(-c2c[nH]c3ncc(-c4ccc5c(c4)CCN5)cc23)[nH]n1. The Morgan fingerprint density at radius 3 is 2.96 bits per heavy atom. The molecule has 4 heterocycles. The summed E-state index contributed by atoms with van der Waals surface area (Å²) >= 11 is 0. The second-order valence-corrected chi connectivity index (χ2v) is 5.84. The van der Waals surface area contributed by atoms with Gasteiger partial charge in [-0.15, -0.1) is 0 Å². The molecule has 4 aromatic rings. The van der Waals surface area contributed by atoms with Crippen molar-refractivity contribution < 1.29 is 0 Å². The van der Waals surface area contributed by atoms with Crippen LogP contribution in [-0.4, -0.2) is 26.7 Å². The number of nitrogens with zero attached hydrogens (tertiary/aromatic N) is 2.